The van der Waals surface area contributed by atoms with Crippen molar-refractivity contribution in [3.8, 4) is 0 Å². The molecule has 0 aliphatic carbocycles. The number of aliphatic hydroxyl groups is 2. The number of carbonyl (C=O) groups excluding carboxylic acids is 1. The molecule has 3 atom stereocenters. The zero-order chi connectivity index (χ0) is 8.43. The van der Waals surface area contributed by atoms with Gasteiger partial charge < -0.3 is 20.7 Å². The summed E-state index contributed by atoms with van der Waals surface area (Å²) in [4.78, 5) is 10.7. The van der Waals surface area contributed by atoms with Crippen molar-refractivity contribution < 1.29 is 19.7 Å². The van der Waals surface area contributed by atoms with Gasteiger partial charge in [0.25, 0.3) is 0 Å². The van der Waals surface area contributed by atoms with Crippen molar-refractivity contribution in [1.29, 1.82) is 0 Å². The predicted octanol–water partition coefficient (Wildman–Crippen LogP) is -2.02. The average Bonchev–Trinajstić information content (AvgIpc) is 2.31. The highest BCUT2D eigenvalue weighted by molar-refractivity contribution is 5.77. The second-order valence-electron chi connectivity index (χ2n) is 2.57. The predicted molar refractivity (Wildman–Crippen MR) is 35.6 cm³/mol. The summed E-state index contributed by atoms with van der Waals surface area (Å²) in [5, 5.41) is 17.5. The summed E-state index contributed by atoms with van der Waals surface area (Å²) in [7, 11) is 0. The molecule has 0 bridgehead atoms. The minimum atomic E-state index is -1.01. The molecule has 1 aliphatic rings. The van der Waals surface area contributed by atoms with Gasteiger partial charge in [0.05, 0.1) is 6.61 Å². The Labute approximate surface area is 63.8 Å². The molecule has 1 heterocycles. The van der Waals surface area contributed by atoms with Crippen molar-refractivity contribution in [3.05, 3.63) is 0 Å². The molecule has 64 valence electrons. The van der Waals surface area contributed by atoms with Crippen LogP contribution >= 0.6 is 0 Å². The third-order valence-corrected chi connectivity index (χ3v) is 1.67. The molecule has 5 heteroatoms. The topological polar surface area (TPSA) is 92.8 Å². The lowest BCUT2D eigenvalue weighted by Crippen LogP contribution is -2.29. The van der Waals surface area contributed by atoms with Crippen LogP contribution in [0, 0.1) is 0 Å². The second kappa shape index (κ2) is 3.17. The molecule has 11 heavy (non-hydrogen) atoms. The Kier molecular flexibility index (Phi) is 2.43. The minimum absolute atomic E-state index is 0.278. The maximum absolute atomic E-state index is 10.7. The van der Waals surface area contributed by atoms with Gasteiger partial charge in [-0.15, -0.1) is 0 Å². The first-order valence-corrected chi connectivity index (χ1v) is 3.40. The van der Waals surface area contributed by atoms with Crippen molar-refractivity contribution in [2.75, 3.05) is 6.61 Å². The number of nitrogens with two attached hydrogens (primary N) is 1. The van der Waals surface area contributed by atoms with E-state index in [9.17, 15) is 4.79 Å². The molecule has 1 aliphatic heterocycles. The van der Waals surface area contributed by atoms with Gasteiger partial charge in [-0.05, 0) is 0 Å². The van der Waals surface area contributed by atoms with E-state index < -0.39 is 30.8 Å². The molecule has 0 aromatic carbocycles. The Balaban J connectivity index is 2.46. The zero-order valence-electron chi connectivity index (χ0n) is 5.93. The van der Waals surface area contributed by atoms with E-state index in [2.05, 4.69) is 4.74 Å². The van der Waals surface area contributed by atoms with Gasteiger partial charge in [-0.2, -0.15) is 0 Å². The number of aliphatic hydroxyl groups excluding tert-OH is 2. The van der Waals surface area contributed by atoms with E-state index in [-0.39, 0.29) is 6.42 Å². The second-order valence-corrected chi connectivity index (χ2v) is 2.57. The summed E-state index contributed by atoms with van der Waals surface area (Å²) in [6, 6.07) is -0.652. The summed E-state index contributed by atoms with van der Waals surface area (Å²) < 4.78 is 4.65. The van der Waals surface area contributed by atoms with E-state index in [1.54, 1.807) is 0 Å². The van der Waals surface area contributed by atoms with Crippen LogP contribution < -0.4 is 5.73 Å². The smallest absolute Gasteiger partial charge is 0.323 e. The van der Waals surface area contributed by atoms with Crippen molar-refractivity contribution in [2.24, 2.45) is 5.73 Å². The van der Waals surface area contributed by atoms with E-state index in [1.807, 2.05) is 0 Å². The fourth-order valence-corrected chi connectivity index (χ4v) is 0.984. The summed E-state index contributed by atoms with van der Waals surface area (Å²) in [6.45, 7) is -0.412. The van der Waals surface area contributed by atoms with Crippen LogP contribution in [0.3, 0.4) is 0 Å². The van der Waals surface area contributed by atoms with E-state index in [0.717, 1.165) is 0 Å². The molecule has 1 saturated heterocycles. The zero-order valence-corrected chi connectivity index (χ0v) is 5.93. The summed E-state index contributed by atoms with van der Waals surface area (Å²) in [5.41, 5.74) is 5.29. The van der Waals surface area contributed by atoms with E-state index >= 15 is 0 Å². The number of hydrogen-bond donors (Lipinski definition) is 3. The first-order chi connectivity index (χ1) is 5.15. The molecule has 0 unspecified atom stereocenters. The van der Waals surface area contributed by atoms with Gasteiger partial charge in [-0.25, -0.2) is 0 Å². The fraction of sp³-hybridized carbons (Fsp3) is 0.833. The van der Waals surface area contributed by atoms with Gasteiger partial charge in [-0.1, -0.05) is 0 Å². The lowest BCUT2D eigenvalue weighted by atomic mass is 10.1. The largest absolute Gasteiger partial charge is 0.458 e. The third kappa shape index (κ3) is 1.68. The molecule has 0 saturated carbocycles. The van der Waals surface area contributed by atoms with E-state index in [4.69, 9.17) is 15.9 Å². The lowest BCUT2D eigenvalue weighted by Gasteiger charge is -2.13. The summed E-state index contributed by atoms with van der Waals surface area (Å²) in [5.74, 6) is -0.512. The molecule has 0 aromatic heterocycles. The number of carbonyl (C=O) groups is 1. The molecule has 5 nitrogen and oxygen atoms in total. The van der Waals surface area contributed by atoms with Crippen molar-refractivity contribution in [2.45, 2.75) is 24.7 Å². The van der Waals surface area contributed by atoms with Gasteiger partial charge in [0, 0.05) is 6.42 Å². The maximum atomic E-state index is 10.7. The van der Waals surface area contributed by atoms with Gasteiger partial charge in [0.15, 0.2) is 0 Å². The first kappa shape index (κ1) is 8.45. The molecular weight excluding hydrogens is 150 g/mol. The molecule has 4 N–H and O–H groups in total. The molecular formula is C6H11NO4. The average molecular weight is 161 g/mol. The standard InChI is InChI=1S/C6H11NO4/c7-3-1-5(4(9)2-8)11-6(3)10/h3-5,8-9H,1-2,7H2/t3-,4+,5+/m1/s1. The SMILES string of the molecule is N[C@@H]1C[C@@H]([C@@H](O)CO)OC1=O. The van der Waals surface area contributed by atoms with Crippen LogP contribution in [0.1, 0.15) is 6.42 Å². The molecule has 0 aromatic rings. The van der Waals surface area contributed by atoms with Crippen molar-refractivity contribution >= 4 is 5.97 Å². The van der Waals surface area contributed by atoms with E-state index in [0.29, 0.717) is 0 Å². The highest BCUT2D eigenvalue weighted by Crippen LogP contribution is 2.15. The number of esters is 1. The number of rotatable bonds is 2. The Hall–Kier alpha value is -0.650. The van der Waals surface area contributed by atoms with Gasteiger partial charge >= 0.3 is 5.97 Å². The van der Waals surface area contributed by atoms with Crippen molar-refractivity contribution in [1.82, 2.24) is 0 Å². The van der Waals surface area contributed by atoms with Gasteiger partial charge in [0.2, 0.25) is 0 Å². The molecule has 0 radical (unpaired) electrons. The van der Waals surface area contributed by atoms with Gasteiger partial charge in [-0.3, -0.25) is 4.79 Å². The number of hydrogen-bond acceptors (Lipinski definition) is 5. The normalized spacial score (nSPS) is 33.5. The minimum Gasteiger partial charge on any atom is -0.458 e. The fourth-order valence-electron chi connectivity index (χ4n) is 0.984. The van der Waals surface area contributed by atoms with Crippen LogP contribution in [0.2, 0.25) is 0 Å². The van der Waals surface area contributed by atoms with Crippen LogP contribution in [0.15, 0.2) is 0 Å². The molecule has 1 fully saturated rings. The van der Waals surface area contributed by atoms with Crippen LogP contribution in [0.5, 0.6) is 0 Å². The monoisotopic (exact) mass is 161 g/mol. The Bertz CT molecular complexity index is 161. The summed E-state index contributed by atoms with van der Waals surface area (Å²) >= 11 is 0. The quantitative estimate of drug-likeness (QED) is 0.407. The van der Waals surface area contributed by atoms with Crippen LogP contribution in [-0.4, -0.2) is 41.0 Å². The number of cyclic esters (lactones) is 1. The molecule has 0 amide bonds. The van der Waals surface area contributed by atoms with Crippen LogP contribution in [-0.2, 0) is 9.53 Å². The van der Waals surface area contributed by atoms with Crippen LogP contribution in [0.25, 0.3) is 0 Å². The van der Waals surface area contributed by atoms with Gasteiger partial charge in [0.1, 0.15) is 18.2 Å². The van der Waals surface area contributed by atoms with Crippen LogP contribution in [0.4, 0.5) is 0 Å². The molecule has 1 rings (SSSR count). The Morgan fingerprint density at radius 1 is 1.82 bits per heavy atom. The highest BCUT2D eigenvalue weighted by atomic mass is 16.6. The van der Waals surface area contributed by atoms with Crippen molar-refractivity contribution in [3.63, 3.8) is 0 Å². The molecule has 0 spiro atoms. The maximum Gasteiger partial charge on any atom is 0.323 e. The first-order valence-electron chi connectivity index (χ1n) is 3.40. The Morgan fingerprint density at radius 3 is 2.82 bits per heavy atom. The highest BCUT2D eigenvalue weighted by Gasteiger charge is 2.35. The third-order valence-electron chi connectivity index (χ3n) is 1.67. The number of ether oxygens (including phenoxy) is 1. The Morgan fingerprint density at radius 2 is 2.45 bits per heavy atom. The van der Waals surface area contributed by atoms with E-state index in [1.165, 1.54) is 0 Å². The summed E-state index contributed by atoms with van der Waals surface area (Å²) in [6.07, 6.45) is -1.37. The lowest BCUT2D eigenvalue weighted by molar-refractivity contribution is -0.147.